The molecule has 1 N–H and O–H groups in total. The molecule has 0 bridgehead atoms. The Hall–Kier alpha value is -1.57. The molecule has 0 fully saturated rings. The topological polar surface area (TPSA) is 72.2 Å². The molecule has 0 saturated heterocycles. The minimum Gasteiger partial charge on any atom is -0.323 e. The van der Waals surface area contributed by atoms with Gasteiger partial charge in [-0.25, -0.2) is 4.39 Å². The van der Waals surface area contributed by atoms with Crippen molar-refractivity contribution in [2.24, 2.45) is 0 Å². The lowest BCUT2D eigenvalue weighted by atomic mass is 10.2. The number of alkyl halides is 1. The van der Waals surface area contributed by atoms with Gasteiger partial charge in [0.1, 0.15) is 5.82 Å². The molecule has 0 aliphatic rings. The van der Waals surface area contributed by atoms with Gasteiger partial charge in [-0.2, -0.15) is 4.39 Å². The number of nitro benzene ring substituents is 1. The van der Waals surface area contributed by atoms with Gasteiger partial charge in [-0.15, -0.1) is 0 Å². The number of halogens is 3. The summed E-state index contributed by atoms with van der Waals surface area (Å²) in [7, 11) is 0. The van der Waals surface area contributed by atoms with E-state index in [2.05, 4.69) is 21.2 Å². The molecule has 8 heteroatoms. The maximum atomic E-state index is 13.4. The molecule has 1 aromatic rings. The van der Waals surface area contributed by atoms with E-state index in [-0.39, 0.29) is 6.42 Å². The summed E-state index contributed by atoms with van der Waals surface area (Å²) in [5, 5.41) is 13.4. The van der Waals surface area contributed by atoms with E-state index in [0.29, 0.717) is 18.6 Å². The fourth-order valence-electron chi connectivity index (χ4n) is 1.37. The van der Waals surface area contributed by atoms with E-state index in [4.69, 9.17) is 0 Å². The Bertz CT molecular complexity index is 497. The fourth-order valence-corrected chi connectivity index (χ4v) is 1.76. The number of anilines is 1. The third kappa shape index (κ3) is 4.55. The minimum atomic E-state index is -1.28. The summed E-state index contributed by atoms with van der Waals surface area (Å²) >= 11 is 3.20. The van der Waals surface area contributed by atoms with Crippen LogP contribution in [0, 0.1) is 21.7 Å². The van der Waals surface area contributed by atoms with E-state index >= 15 is 0 Å². The Morgan fingerprint density at radius 2 is 2.00 bits per heavy atom. The van der Waals surface area contributed by atoms with Gasteiger partial charge in [-0.05, 0) is 12.8 Å². The molecule has 1 aromatic carbocycles. The van der Waals surface area contributed by atoms with Crippen molar-refractivity contribution in [3.63, 3.8) is 0 Å². The third-order valence-corrected chi connectivity index (χ3v) is 2.86. The molecule has 0 aromatic heterocycles. The molecule has 5 nitrogen and oxygen atoms in total. The molecule has 104 valence electrons. The number of hydrogen-bond donors (Lipinski definition) is 1. The van der Waals surface area contributed by atoms with E-state index in [1.807, 2.05) is 0 Å². The quantitative estimate of drug-likeness (QED) is 0.374. The maximum absolute atomic E-state index is 13.4. The lowest BCUT2D eigenvalue weighted by Gasteiger charge is -2.06. The van der Waals surface area contributed by atoms with Crippen LogP contribution in [0.5, 0.6) is 0 Å². The van der Waals surface area contributed by atoms with Gasteiger partial charge in [-0.1, -0.05) is 15.9 Å². The second-order valence-electron chi connectivity index (χ2n) is 3.73. The number of nitrogens with zero attached hydrogens (tertiary/aromatic N) is 1. The van der Waals surface area contributed by atoms with Gasteiger partial charge in [0.05, 0.1) is 10.6 Å². The molecule has 0 heterocycles. The third-order valence-electron chi connectivity index (χ3n) is 2.29. The predicted octanol–water partition coefficient (Wildman–Crippen LogP) is 3.38. The van der Waals surface area contributed by atoms with Gasteiger partial charge in [0.15, 0.2) is 0 Å². The summed E-state index contributed by atoms with van der Waals surface area (Å²) in [6.07, 6.45) is 1.54. The number of amides is 1. The van der Waals surface area contributed by atoms with Gasteiger partial charge < -0.3 is 5.32 Å². The molecule has 0 aliphatic heterocycles. The van der Waals surface area contributed by atoms with Gasteiger partial charge in [0.2, 0.25) is 11.7 Å². The molecule has 0 radical (unpaired) electrons. The van der Waals surface area contributed by atoms with Crippen LogP contribution < -0.4 is 5.32 Å². The summed E-state index contributed by atoms with van der Waals surface area (Å²) in [6.45, 7) is 0. The van der Waals surface area contributed by atoms with Crippen molar-refractivity contribution in [2.75, 3.05) is 10.6 Å². The molecule has 1 rings (SSSR count). The zero-order chi connectivity index (χ0) is 14.4. The Labute approximate surface area is 116 Å². The number of unbranched alkanes of at least 4 members (excludes halogenated alkanes) is 1. The number of nitrogens with one attached hydrogen (secondary N) is 1. The molecule has 0 saturated carbocycles. The number of hydrogen-bond acceptors (Lipinski definition) is 3. The summed E-state index contributed by atoms with van der Waals surface area (Å²) in [5.41, 5.74) is -1.27. The van der Waals surface area contributed by atoms with Crippen molar-refractivity contribution in [3.05, 3.63) is 33.9 Å². The van der Waals surface area contributed by atoms with Crippen LogP contribution in [-0.4, -0.2) is 16.2 Å². The molecule has 0 unspecified atom stereocenters. The highest BCUT2D eigenvalue weighted by atomic mass is 79.9. The lowest BCUT2D eigenvalue weighted by Crippen LogP contribution is -2.13. The number of carbonyl (C=O) groups is 1. The monoisotopic (exact) mass is 336 g/mol. The first-order valence-electron chi connectivity index (χ1n) is 5.45. The summed E-state index contributed by atoms with van der Waals surface area (Å²) in [4.78, 5) is 21.0. The van der Waals surface area contributed by atoms with Gasteiger partial charge >= 0.3 is 5.69 Å². The molecule has 19 heavy (non-hydrogen) atoms. The van der Waals surface area contributed by atoms with Crippen molar-refractivity contribution < 1.29 is 18.5 Å². The summed E-state index contributed by atoms with van der Waals surface area (Å²) in [5.74, 6) is -2.79. The molecular weight excluding hydrogens is 326 g/mol. The molecular formula is C11H11BrF2N2O3. The largest absolute Gasteiger partial charge is 0.323 e. The lowest BCUT2D eigenvalue weighted by molar-refractivity contribution is -0.387. The maximum Gasteiger partial charge on any atom is 0.307 e. The molecule has 0 spiro atoms. The Balaban J connectivity index is 2.80. The average Bonchev–Trinajstić information content (AvgIpc) is 2.32. The standard InChI is InChI=1S/C11H11BrF2N2O3/c12-4-2-1-3-11(17)15-9-6-10(16(18)19)8(14)5-7(9)13/h5-6H,1-4H2,(H,15,17). The Kier molecular flexibility index (Phi) is 5.81. The second-order valence-corrected chi connectivity index (χ2v) is 4.53. The molecule has 1 amide bonds. The first kappa shape index (κ1) is 15.5. The van der Waals surface area contributed by atoms with Crippen LogP contribution in [0.25, 0.3) is 0 Å². The first-order chi connectivity index (χ1) is 8.95. The van der Waals surface area contributed by atoms with E-state index in [0.717, 1.165) is 11.8 Å². The summed E-state index contributed by atoms with van der Waals surface area (Å²) in [6, 6.07) is 1.05. The number of benzene rings is 1. The first-order valence-corrected chi connectivity index (χ1v) is 6.57. The summed E-state index contributed by atoms with van der Waals surface area (Å²) < 4.78 is 26.4. The van der Waals surface area contributed by atoms with Crippen LogP contribution in [-0.2, 0) is 4.79 Å². The normalized spacial score (nSPS) is 10.3. The van der Waals surface area contributed by atoms with E-state index in [1.165, 1.54) is 0 Å². The van der Waals surface area contributed by atoms with Crippen LogP contribution in [0.15, 0.2) is 12.1 Å². The Morgan fingerprint density at radius 1 is 1.32 bits per heavy atom. The van der Waals surface area contributed by atoms with Crippen LogP contribution in [0.1, 0.15) is 19.3 Å². The highest BCUT2D eigenvalue weighted by Crippen LogP contribution is 2.25. The van der Waals surface area contributed by atoms with Gasteiger partial charge in [0, 0.05) is 23.9 Å². The van der Waals surface area contributed by atoms with Crippen LogP contribution >= 0.6 is 15.9 Å². The smallest absolute Gasteiger partial charge is 0.307 e. The van der Waals surface area contributed by atoms with Gasteiger partial charge in [-0.3, -0.25) is 14.9 Å². The number of rotatable bonds is 6. The molecule has 0 atom stereocenters. The van der Waals surface area contributed by atoms with Crippen molar-refractivity contribution in [1.29, 1.82) is 0 Å². The SMILES string of the molecule is O=C(CCCCBr)Nc1cc([N+](=O)[O-])c(F)cc1F. The second kappa shape index (κ2) is 7.13. The number of carbonyl (C=O) groups excluding carboxylic acids is 1. The Morgan fingerprint density at radius 3 is 2.58 bits per heavy atom. The van der Waals surface area contributed by atoms with Crippen LogP contribution in [0.3, 0.4) is 0 Å². The highest BCUT2D eigenvalue weighted by molar-refractivity contribution is 9.09. The minimum absolute atomic E-state index is 0.163. The van der Waals surface area contributed by atoms with Crippen LogP contribution in [0.2, 0.25) is 0 Å². The van der Waals surface area contributed by atoms with Crippen molar-refractivity contribution in [2.45, 2.75) is 19.3 Å². The zero-order valence-electron chi connectivity index (χ0n) is 9.79. The number of nitro groups is 1. The van der Waals surface area contributed by atoms with Crippen molar-refractivity contribution >= 4 is 33.2 Å². The van der Waals surface area contributed by atoms with Crippen molar-refractivity contribution in [1.82, 2.24) is 0 Å². The predicted molar refractivity (Wildman–Crippen MR) is 69.3 cm³/mol. The van der Waals surface area contributed by atoms with E-state index in [9.17, 15) is 23.7 Å². The fraction of sp³-hybridized carbons (Fsp3) is 0.364. The zero-order valence-corrected chi connectivity index (χ0v) is 11.4. The van der Waals surface area contributed by atoms with Crippen LogP contribution in [0.4, 0.5) is 20.2 Å². The van der Waals surface area contributed by atoms with Crippen molar-refractivity contribution in [3.8, 4) is 0 Å². The highest BCUT2D eigenvalue weighted by Gasteiger charge is 2.19. The van der Waals surface area contributed by atoms with E-state index < -0.39 is 33.8 Å². The molecule has 0 aliphatic carbocycles. The van der Waals surface area contributed by atoms with E-state index in [1.54, 1.807) is 0 Å². The average molecular weight is 337 g/mol. The van der Waals surface area contributed by atoms with Gasteiger partial charge in [0.25, 0.3) is 0 Å².